The van der Waals surface area contributed by atoms with Crippen molar-refractivity contribution in [2.75, 3.05) is 20.1 Å². The summed E-state index contributed by atoms with van der Waals surface area (Å²) in [5.74, 6) is -4.90. The van der Waals surface area contributed by atoms with Gasteiger partial charge in [-0.1, -0.05) is 53.0 Å². The molecule has 0 bridgehead atoms. The maximum Gasteiger partial charge on any atom is 0.417 e. The SMILES string of the molecule is CN(CCNC(=O)c1ccc(C=CC(c2cc(Cl)c(Cl)c(Cl)c2)C(F)(F)F)cc1C(F)(F)F)C(=O)CC(F)(F)F. The molecule has 0 aliphatic heterocycles. The lowest BCUT2D eigenvalue weighted by Crippen LogP contribution is -2.38. The summed E-state index contributed by atoms with van der Waals surface area (Å²) < 4.78 is 119. The molecule has 220 valence electrons. The number of halogens is 12. The third-order valence-electron chi connectivity index (χ3n) is 5.30. The molecule has 0 aliphatic carbocycles. The molecule has 0 fully saturated rings. The minimum absolute atomic E-state index is 0.180. The fraction of sp³-hybridized carbons (Fsp3) is 0.333. The van der Waals surface area contributed by atoms with Gasteiger partial charge in [0.2, 0.25) is 5.91 Å². The van der Waals surface area contributed by atoms with Gasteiger partial charge in [0.25, 0.3) is 5.91 Å². The van der Waals surface area contributed by atoms with E-state index in [1.54, 1.807) is 0 Å². The molecule has 0 saturated carbocycles. The van der Waals surface area contributed by atoms with Gasteiger partial charge in [0.05, 0.1) is 32.1 Å². The van der Waals surface area contributed by atoms with Gasteiger partial charge in [0, 0.05) is 20.1 Å². The predicted octanol–water partition coefficient (Wildman–Crippen LogP) is 8.17. The van der Waals surface area contributed by atoms with E-state index in [0.29, 0.717) is 17.0 Å². The first-order valence-electron chi connectivity index (χ1n) is 10.9. The summed E-state index contributed by atoms with van der Waals surface area (Å²) in [6, 6.07) is 3.99. The van der Waals surface area contributed by atoms with Gasteiger partial charge in [-0.05, 0) is 35.4 Å². The molecule has 1 N–H and O–H groups in total. The van der Waals surface area contributed by atoms with Crippen LogP contribution in [0.4, 0.5) is 39.5 Å². The molecule has 0 aliphatic rings. The summed E-state index contributed by atoms with van der Waals surface area (Å²) in [6.45, 7) is -0.905. The molecular formula is C24H18Cl3F9N2O2. The third-order valence-corrected chi connectivity index (χ3v) is 6.50. The lowest BCUT2D eigenvalue weighted by atomic mass is 9.96. The number of nitrogens with one attached hydrogen (secondary N) is 1. The topological polar surface area (TPSA) is 49.4 Å². The average Bonchev–Trinajstić information content (AvgIpc) is 2.79. The highest BCUT2D eigenvalue weighted by Crippen LogP contribution is 2.41. The fourth-order valence-electron chi connectivity index (χ4n) is 3.33. The zero-order valence-corrected chi connectivity index (χ0v) is 22.3. The smallest absolute Gasteiger partial charge is 0.350 e. The predicted molar refractivity (Wildman–Crippen MR) is 131 cm³/mol. The zero-order valence-electron chi connectivity index (χ0n) is 20.0. The Bertz CT molecular complexity index is 1250. The number of nitrogens with zero attached hydrogens (tertiary/aromatic N) is 1. The molecule has 0 radical (unpaired) electrons. The molecule has 1 atom stereocenters. The second-order valence-electron chi connectivity index (χ2n) is 8.34. The molecule has 0 saturated heterocycles. The standard InChI is InChI=1S/C24H18Cl3F9N2O2/c1-38(19(39)11-22(28,29)30)7-6-37-21(40)14-4-2-12(8-16(14)24(34,35)36)3-5-15(23(31,32)33)13-9-17(25)20(27)18(26)10-13/h2-5,8-10,15H,6-7,11H2,1H3,(H,37,40). The van der Waals surface area contributed by atoms with Crippen LogP contribution in [0.5, 0.6) is 0 Å². The van der Waals surface area contributed by atoms with Crippen molar-refractivity contribution in [1.82, 2.24) is 10.2 Å². The summed E-state index contributed by atoms with van der Waals surface area (Å²) in [5, 5.41) is 1.36. The van der Waals surface area contributed by atoms with Gasteiger partial charge in [-0.3, -0.25) is 9.59 Å². The first-order valence-corrected chi connectivity index (χ1v) is 12.0. The molecule has 2 rings (SSSR count). The Morgan fingerprint density at radius 3 is 2.02 bits per heavy atom. The van der Waals surface area contributed by atoms with E-state index in [0.717, 1.165) is 37.4 Å². The van der Waals surface area contributed by atoms with E-state index in [1.165, 1.54) is 0 Å². The van der Waals surface area contributed by atoms with E-state index in [1.807, 2.05) is 0 Å². The van der Waals surface area contributed by atoms with E-state index in [4.69, 9.17) is 34.8 Å². The fourth-order valence-corrected chi connectivity index (χ4v) is 3.95. The monoisotopic (exact) mass is 642 g/mol. The number of hydrogen-bond acceptors (Lipinski definition) is 2. The number of likely N-dealkylation sites (N-methyl/N-ethyl adjacent to an activating group) is 1. The third kappa shape index (κ3) is 9.48. The Morgan fingerprint density at radius 1 is 0.950 bits per heavy atom. The molecule has 4 nitrogen and oxygen atoms in total. The van der Waals surface area contributed by atoms with E-state index >= 15 is 0 Å². The number of allylic oxidation sites excluding steroid dienone is 1. The lowest BCUT2D eigenvalue weighted by molar-refractivity contribution is -0.160. The van der Waals surface area contributed by atoms with Crippen molar-refractivity contribution < 1.29 is 49.1 Å². The Hall–Kier alpha value is -2.64. The van der Waals surface area contributed by atoms with Crippen molar-refractivity contribution in [2.24, 2.45) is 0 Å². The highest BCUT2D eigenvalue weighted by Gasteiger charge is 2.40. The Balaban J connectivity index is 2.28. The van der Waals surface area contributed by atoms with Crippen molar-refractivity contribution in [3.63, 3.8) is 0 Å². The summed E-state index contributed by atoms with van der Waals surface area (Å²) in [7, 11) is 1.02. The van der Waals surface area contributed by atoms with Crippen LogP contribution < -0.4 is 5.32 Å². The quantitative estimate of drug-likeness (QED) is 0.233. The van der Waals surface area contributed by atoms with Gasteiger partial charge in [0.1, 0.15) is 6.42 Å². The van der Waals surface area contributed by atoms with Crippen LogP contribution in [0.15, 0.2) is 36.4 Å². The first kappa shape index (κ1) is 33.6. The van der Waals surface area contributed by atoms with Crippen LogP contribution >= 0.6 is 34.8 Å². The molecular weight excluding hydrogens is 626 g/mol. The van der Waals surface area contributed by atoms with Gasteiger partial charge in [-0.2, -0.15) is 39.5 Å². The molecule has 16 heteroatoms. The van der Waals surface area contributed by atoms with Crippen LogP contribution in [-0.4, -0.2) is 49.2 Å². The molecule has 1 unspecified atom stereocenters. The van der Waals surface area contributed by atoms with Crippen LogP contribution in [0.1, 0.15) is 39.4 Å². The summed E-state index contributed by atoms with van der Waals surface area (Å²) in [6.07, 6.45) is -15.2. The second kappa shape index (κ2) is 12.9. The van der Waals surface area contributed by atoms with Crippen molar-refractivity contribution in [3.05, 3.63) is 73.7 Å². The van der Waals surface area contributed by atoms with E-state index < -0.39 is 72.5 Å². The van der Waals surface area contributed by atoms with Crippen LogP contribution in [0.25, 0.3) is 6.08 Å². The van der Waals surface area contributed by atoms with Crippen molar-refractivity contribution in [2.45, 2.75) is 30.9 Å². The maximum atomic E-state index is 13.7. The normalized spacial score (nSPS) is 13.4. The summed E-state index contributed by atoms with van der Waals surface area (Å²) in [4.78, 5) is 24.5. The Kier molecular flexibility index (Phi) is 10.8. The molecule has 2 aromatic carbocycles. The van der Waals surface area contributed by atoms with Crippen molar-refractivity contribution in [1.29, 1.82) is 0 Å². The summed E-state index contributed by atoms with van der Waals surface area (Å²) >= 11 is 17.4. The average molecular weight is 644 g/mol. The van der Waals surface area contributed by atoms with E-state index in [2.05, 4.69) is 5.32 Å². The molecule has 2 amide bonds. The largest absolute Gasteiger partial charge is 0.417 e. The van der Waals surface area contributed by atoms with Gasteiger partial charge in [-0.25, -0.2) is 0 Å². The second-order valence-corrected chi connectivity index (χ2v) is 9.54. The molecule has 0 spiro atoms. The number of amides is 2. The van der Waals surface area contributed by atoms with E-state index in [-0.39, 0.29) is 20.6 Å². The lowest BCUT2D eigenvalue weighted by Gasteiger charge is -2.19. The number of carbonyl (C=O) groups is 2. The van der Waals surface area contributed by atoms with Gasteiger partial charge in [-0.15, -0.1) is 0 Å². The number of carbonyl (C=O) groups excluding carboxylic acids is 2. The highest BCUT2D eigenvalue weighted by molar-refractivity contribution is 6.48. The van der Waals surface area contributed by atoms with Crippen LogP contribution in [0, 0.1) is 0 Å². The van der Waals surface area contributed by atoms with Crippen LogP contribution in [-0.2, 0) is 11.0 Å². The highest BCUT2D eigenvalue weighted by atomic mass is 35.5. The summed E-state index contributed by atoms with van der Waals surface area (Å²) in [5.41, 5.74) is -3.12. The number of hydrogen-bond donors (Lipinski definition) is 1. The molecule has 40 heavy (non-hydrogen) atoms. The molecule has 0 heterocycles. The van der Waals surface area contributed by atoms with Crippen LogP contribution in [0.3, 0.4) is 0 Å². The maximum absolute atomic E-state index is 13.7. The van der Waals surface area contributed by atoms with Crippen LogP contribution in [0.2, 0.25) is 15.1 Å². The Labute approximate surface area is 236 Å². The van der Waals surface area contributed by atoms with Crippen molar-refractivity contribution in [3.8, 4) is 0 Å². The minimum atomic E-state index is -5.10. The van der Waals surface area contributed by atoms with Gasteiger partial charge in [0.15, 0.2) is 0 Å². The molecule has 0 aromatic heterocycles. The number of alkyl halides is 9. The molecule has 2 aromatic rings. The van der Waals surface area contributed by atoms with Gasteiger partial charge >= 0.3 is 18.5 Å². The first-order chi connectivity index (χ1) is 18.2. The van der Waals surface area contributed by atoms with E-state index in [9.17, 15) is 49.1 Å². The number of benzene rings is 2. The Morgan fingerprint density at radius 2 is 1.52 bits per heavy atom. The zero-order chi connectivity index (χ0) is 30.6. The van der Waals surface area contributed by atoms with Crippen molar-refractivity contribution >= 4 is 52.7 Å². The number of rotatable bonds is 8. The van der Waals surface area contributed by atoms with Gasteiger partial charge < -0.3 is 10.2 Å². The minimum Gasteiger partial charge on any atom is -0.350 e.